The maximum Gasteiger partial charge on any atom is 0.313 e. The highest BCUT2D eigenvalue weighted by molar-refractivity contribution is 7.99. The molecule has 2 aromatic rings. The lowest BCUT2D eigenvalue weighted by Crippen LogP contribution is -2.28. The fourth-order valence-electron chi connectivity index (χ4n) is 2.23. The largest absolute Gasteiger partial charge is 0.481 e. The van der Waals surface area contributed by atoms with Crippen LogP contribution in [0.5, 0.6) is 0 Å². The summed E-state index contributed by atoms with van der Waals surface area (Å²) in [6, 6.07) is 1.41. The van der Waals surface area contributed by atoms with E-state index in [2.05, 4.69) is 10.3 Å². The van der Waals surface area contributed by atoms with Crippen LogP contribution in [-0.2, 0) is 9.59 Å². The van der Waals surface area contributed by atoms with Gasteiger partial charge in [-0.25, -0.2) is 4.98 Å². The fraction of sp³-hybridized carbons (Fsp3) is 0.333. The molecule has 0 spiro atoms. The van der Waals surface area contributed by atoms with Crippen molar-refractivity contribution in [3.63, 3.8) is 0 Å². The van der Waals surface area contributed by atoms with Crippen molar-refractivity contribution in [3.05, 3.63) is 21.8 Å². The Morgan fingerprint density at radius 1 is 1.57 bits per heavy atom. The Kier molecular flexibility index (Phi) is 3.68. The number of carboxylic acids is 1. The number of hydrogen-bond donors (Lipinski definition) is 2. The Labute approximate surface area is 127 Å². The van der Waals surface area contributed by atoms with Gasteiger partial charge in [0.15, 0.2) is 5.16 Å². The summed E-state index contributed by atoms with van der Waals surface area (Å²) in [5, 5.41) is 13.6. The van der Waals surface area contributed by atoms with Gasteiger partial charge >= 0.3 is 5.97 Å². The van der Waals surface area contributed by atoms with Crippen molar-refractivity contribution in [1.82, 2.24) is 14.9 Å². The summed E-state index contributed by atoms with van der Waals surface area (Å²) in [5.41, 5.74) is 0.343. The molecular weight excluding hydrogens is 314 g/mol. The van der Waals surface area contributed by atoms with E-state index in [1.807, 2.05) is 0 Å². The third-order valence-electron chi connectivity index (χ3n) is 3.13. The summed E-state index contributed by atoms with van der Waals surface area (Å²) in [6.07, 6.45) is 0.207. The van der Waals surface area contributed by atoms with Gasteiger partial charge in [0, 0.05) is 13.0 Å². The van der Waals surface area contributed by atoms with Crippen LogP contribution in [0.2, 0.25) is 0 Å². The molecule has 2 aromatic heterocycles. The molecule has 0 saturated carbocycles. The highest BCUT2D eigenvalue weighted by atomic mass is 32.2. The predicted molar refractivity (Wildman–Crippen MR) is 78.9 cm³/mol. The molecule has 21 heavy (non-hydrogen) atoms. The Morgan fingerprint density at radius 2 is 2.38 bits per heavy atom. The van der Waals surface area contributed by atoms with Crippen molar-refractivity contribution >= 4 is 45.2 Å². The highest BCUT2D eigenvalue weighted by Crippen LogP contribution is 2.25. The Hall–Kier alpha value is -1.87. The molecule has 0 aromatic carbocycles. The molecule has 1 unspecified atom stereocenters. The van der Waals surface area contributed by atoms with E-state index < -0.39 is 5.97 Å². The second kappa shape index (κ2) is 5.49. The van der Waals surface area contributed by atoms with Gasteiger partial charge in [-0.3, -0.25) is 19.0 Å². The molecule has 1 aliphatic rings. The van der Waals surface area contributed by atoms with E-state index in [0.717, 1.165) is 11.8 Å². The van der Waals surface area contributed by atoms with Gasteiger partial charge < -0.3 is 10.4 Å². The molecule has 3 heterocycles. The average molecular weight is 325 g/mol. The zero-order valence-electron chi connectivity index (χ0n) is 10.7. The van der Waals surface area contributed by atoms with Crippen LogP contribution in [-0.4, -0.2) is 38.8 Å². The molecule has 1 amide bonds. The topological polar surface area (TPSA) is 101 Å². The average Bonchev–Trinajstić information content (AvgIpc) is 3.05. The molecule has 3 rings (SSSR count). The van der Waals surface area contributed by atoms with Crippen LogP contribution in [0.4, 0.5) is 0 Å². The molecule has 0 aliphatic carbocycles. The highest BCUT2D eigenvalue weighted by Gasteiger charge is 2.27. The summed E-state index contributed by atoms with van der Waals surface area (Å²) in [6.45, 7) is 0.359. The van der Waals surface area contributed by atoms with Crippen LogP contribution in [0.15, 0.2) is 21.4 Å². The van der Waals surface area contributed by atoms with E-state index in [4.69, 9.17) is 5.11 Å². The summed E-state index contributed by atoms with van der Waals surface area (Å²) < 4.78 is 1.97. The third kappa shape index (κ3) is 2.66. The lowest BCUT2D eigenvalue weighted by atomic mass is 10.2. The van der Waals surface area contributed by atoms with Crippen molar-refractivity contribution in [3.8, 4) is 0 Å². The van der Waals surface area contributed by atoms with Gasteiger partial charge in [0.2, 0.25) is 5.91 Å². The monoisotopic (exact) mass is 325 g/mol. The van der Waals surface area contributed by atoms with Crippen molar-refractivity contribution in [2.75, 3.05) is 12.3 Å². The van der Waals surface area contributed by atoms with Crippen molar-refractivity contribution in [1.29, 1.82) is 0 Å². The standard InChI is InChI=1S/C12H11N3O4S2/c16-8-3-6(4-13-8)15-11(19)10-7(1-2-20-10)14-12(15)21-5-9(17)18/h1-2,6H,3-5H2,(H,13,16)(H,17,18). The van der Waals surface area contributed by atoms with Crippen LogP contribution >= 0.6 is 23.1 Å². The number of thioether (sulfide) groups is 1. The lowest BCUT2D eigenvalue weighted by Gasteiger charge is -2.16. The van der Waals surface area contributed by atoms with Gasteiger partial charge in [0.25, 0.3) is 5.56 Å². The number of carboxylic acid groups (broad SMARTS) is 1. The third-order valence-corrected chi connectivity index (χ3v) is 4.95. The predicted octanol–water partition coefficient (Wildman–Crippen LogP) is 0.696. The molecule has 0 radical (unpaired) electrons. The van der Waals surface area contributed by atoms with Gasteiger partial charge in [-0.05, 0) is 11.4 Å². The first-order valence-corrected chi connectivity index (χ1v) is 8.04. The lowest BCUT2D eigenvalue weighted by molar-refractivity contribution is -0.134. The second-order valence-corrected chi connectivity index (χ2v) is 6.41. The summed E-state index contributed by atoms with van der Waals surface area (Å²) in [5.74, 6) is -1.28. The number of amides is 1. The van der Waals surface area contributed by atoms with E-state index in [9.17, 15) is 14.4 Å². The van der Waals surface area contributed by atoms with Crippen LogP contribution in [0.3, 0.4) is 0 Å². The first-order chi connectivity index (χ1) is 10.1. The molecule has 0 bridgehead atoms. The van der Waals surface area contributed by atoms with Gasteiger partial charge in [-0.15, -0.1) is 11.3 Å². The molecule has 9 heteroatoms. The van der Waals surface area contributed by atoms with E-state index in [0.29, 0.717) is 21.9 Å². The minimum absolute atomic E-state index is 0.118. The van der Waals surface area contributed by atoms with Crippen molar-refractivity contribution in [2.45, 2.75) is 17.6 Å². The molecule has 1 saturated heterocycles. The van der Waals surface area contributed by atoms with Gasteiger partial charge in [0.05, 0.1) is 17.3 Å². The van der Waals surface area contributed by atoms with Gasteiger partial charge in [-0.2, -0.15) is 0 Å². The Morgan fingerprint density at radius 3 is 3.05 bits per heavy atom. The number of nitrogens with one attached hydrogen (secondary N) is 1. The van der Waals surface area contributed by atoms with E-state index in [-0.39, 0.29) is 29.7 Å². The summed E-state index contributed by atoms with van der Waals surface area (Å²) in [4.78, 5) is 39.1. The maximum absolute atomic E-state index is 12.6. The number of carbonyl (C=O) groups is 2. The zero-order valence-corrected chi connectivity index (χ0v) is 12.4. The number of nitrogens with zero attached hydrogens (tertiary/aromatic N) is 2. The zero-order chi connectivity index (χ0) is 15.0. The number of fused-ring (bicyclic) bond motifs is 1. The normalized spacial score (nSPS) is 18.1. The number of thiophene rings is 1. The van der Waals surface area contributed by atoms with Crippen molar-refractivity contribution in [2.24, 2.45) is 0 Å². The minimum Gasteiger partial charge on any atom is -0.481 e. The van der Waals surface area contributed by atoms with Crippen LogP contribution in [0.1, 0.15) is 12.5 Å². The van der Waals surface area contributed by atoms with Crippen LogP contribution in [0.25, 0.3) is 10.2 Å². The number of hydrogen-bond acceptors (Lipinski definition) is 6. The summed E-state index contributed by atoms with van der Waals surface area (Å²) >= 11 is 2.29. The molecule has 7 nitrogen and oxygen atoms in total. The number of carbonyl (C=O) groups excluding carboxylic acids is 1. The quantitative estimate of drug-likeness (QED) is 0.634. The fourth-order valence-corrected chi connectivity index (χ4v) is 3.78. The number of aromatic nitrogens is 2. The molecule has 110 valence electrons. The van der Waals surface area contributed by atoms with Crippen LogP contribution in [0, 0.1) is 0 Å². The minimum atomic E-state index is -0.980. The first-order valence-electron chi connectivity index (χ1n) is 6.17. The molecule has 2 N–H and O–H groups in total. The van der Waals surface area contributed by atoms with Gasteiger partial charge in [-0.1, -0.05) is 11.8 Å². The van der Waals surface area contributed by atoms with E-state index in [1.54, 1.807) is 11.4 Å². The number of aliphatic carboxylic acids is 1. The maximum atomic E-state index is 12.6. The Balaban J connectivity index is 2.11. The molecular formula is C12H11N3O4S2. The van der Waals surface area contributed by atoms with Crippen molar-refractivity contribution < 1.29 is 14.7 Å². The first kappa shape index (κ1) is 14.1. The smallest absolute Gasteiger partial charge is 0.313 e. The van der Waals surface area contributed by atoms with E-state index >= 15 is 0 Å². The molecule has 1 atom stereocenters. The molecule has 1 fully saturated rings. The summed E-state index contributed by atoms with van der Waals surface area (Å²) in [7, 11) is 0. The number of rotatable bonds is 4. The van der Waals surface area contributed by atoms with Gasteiger partial charge in [0.1, 0.15) is 4.70 Å². The molecule has 1 aliphatic heterocycles. The SMILES string of the molecule is O=C(O)CSc1nc2ccsc2c(=O)n1C1CNC(=O)C1. The van der Waals surface area contributed by atoms with Crippen LogP contribution < -0.4 is 10.9 Å². The van der Waals surface area contributed by atoms with E-state index in [1.165, 1.54) is 15.9 Å². The Bertz CT molecular complexity index is 782. The second-order valence-electron chi connectivity index (χ2n) is 4.55.